The summed E-state index contributed by atoms with van der Waals surface area (Å²) >= 11 is 0. The summed E-state index contributed by atoms with van der Waals surface area (Å²) in [7, 11) is 3.00. The van der Waals surface area contributed by atoms with Crippen LogP contribution >= 0.6 is 9.24 Å². The molecule has 0 nitrogen and oxygen atoms in total. The Morgan fingerprint density at radius 3 is 2.35 bits per heavy atom. The highest BCUT2D eigenvalue weighted by molar-refractivity contribution is 7.19. The van der Waals surface area contributed by atoms with Crippen LogP contribution in [0.4, 0.5) is 0 Å². The van der Waals surface area contributed by atoms with Crippen LogP contribution in [0.15, 0.2) is 36.0 Å². The van der Waals surface area contributed by atoms with Crippen LogP contribution in [0.25, 0.3) is 0 Å². The van der Waals surface area contributed by atoms with Gasteiger partial charge in [0.1, 0.15) is 0 Å². The zero-order valence-corrected chi connectivity index (χ0v) is 16.9. The first-order chi connectivity index (χ1) is 10.8. The fraction of sp³-hybridized carbons (Fsp3) is 0.727. The van der Waals surface area contributed by atoms with Crippen molar-refractivity contribution in [3.8, 4) is 0 Å². The Bertz CT molecular complexity index is 468. The molecule has 0 aromatic carbocycles. The average molecular weight is 333 g/mol. The molecule has 0 spiro atoms. The second-order valence-corrected chi connectivity index (χ2v) is 9.90. The summed E-state index contributed by atoms with van der Waals surface area (Å²) in [5.74, 6) is 1.71. The topological polar surface area (TPSA) is 0 Å². The third-order valence-corrected chi connectivity index (χ3v) is 6.28. The van der Waals surface area contributed by atoms with Crippen molar-refractivity contribution in [2.24, 2.45) is 17.3 Å². The molecule has 23 heavy (non-hydrogen) atoms. The molecule has 1 fully saturated rings. The van der Waals surface area contributed by atoms with Gasteiger partial charge in [-0.15, -0.1) is 9.24 Å². The van der Waals surface area contributed by atoms with Gasteiger partial charge in [-0.1, -0.05) is 88.3 Å². The van der Waals surface area contributed by atoms with E-state index in [0.717, 1.165) is 11.8 Å². The van der Waals surface area contributed by atoms with Crippen molar-refractivity contribution in [3.05, 3.63) is 36.0 Å². The van der Waals surface area contributed by atoms with Crippen LogP contribution < -0.4 is 0 Å². The van der Waals surface area contributed by atoms with Crippen molar-refractivity contribution in [2.75, 3.05) is 0 Å². The molecule has 130 valence electrons. The predicted octanol–water partition coefficient (Wildman–Crippen LogP) is 7.09. The van der Waals surface area contributed by atoms with E-state index in [1.54, 1.807) is 0 Å². The Balaban J connectivity index is 2.19. The van der Waals surface area contributed by atoms with Crippen LogP contribution in [0, 0.1) is 17.3 Å². The Labute approximate surface area is 147 Å². The Hall–Kier alpha value is -0.350. The van der Waals surface area contributed by atoms with E-state index in [4.69, 9.17) is 0 Å². The van der Waals surface area contributed by atoms with Gasteiger partial charge in [-0.2, -0.15) is 0 Å². The van der Waals surface area contributed by atoms with E-state index in [9.17, 15) is 0 Å². The summed E-state index contributed by atoms with van der Waals surface area (Å²) < 4.78 is 0. The van der Waals surface area contributed by atoms with Crippen LogP contribution in [-0.2, 0) is 0 Å². The van der Waals surface area contributed by atoms with Crippen LogP contribution in [0.5, 0.6) is 0 Å². The minimum absolute atomic E-state index is 0.0839. The molecular formula is C22H37P. The molecular weight excluding hydrogens is 295 g/mol. The summed E-state index contributed by atoms with van der Waals surface area (Å²) in [6, 6.07) is 0. The molecule has 2 rings (SSSR count). The molecule has 0 radical (unpaired) electrons. The van der Waals surface area contributed by atoms with E-state index in [1.165, 1.54) is 56.9 Å². The second kappa shape index (κ2) is 8.15. The highest BCUT2D eigenvalue weighted by Crippen LogP contribution is 2.41. The van der Waals surface area contributed by atoms with E-state index >= 15 is 0 Å². The zero-order valence-electron chi connectivity index (χ0n) is 15.8. The largest absolute Gasteiger partial charge is 0.123 e. The molecule has 0 amide bonds. The molecule has 0 N–H and O–H groups in total. The number of rotatable bonds is 1. The molecule has 5 atom stereocenters. The van der Waals surface area contributed by atoms with Gasteiger partial charge in [0.05, 0.1) is 0 Å². The van der Waals surface area contributed by atoms with Crippen LogP contribution in [0.1, 0.15) is 79.1 Å². The molecule has 0 bridgehead atoms. The SMILES string of the molecule is CC1=CC(C)(P)C=CC(C)(C2CCCCCC(C)CCC2)C=C1. The van der Waals surface area contributed by atoms with Crippen LogP contribution in [0.2, 0.25) is 0 Å². The molecule has 0 aromatic rings. The Morgan fingerprint density at radius 1 is 0.913 bits per heavy atom. The van der Waals surface area contributed by atoms with Crippen molar-refractivity contribution >= 4 is 9.24 Å². The third kappa shape index (κ3) is 5.90. The molecule has 2 aliphatic rings. The molecule has 5 unspecified atom stereocenters. The van der Waals surface area contributed by atoms with Crippen LogP contribution in [0.3, 0.4) is 0 Å². The lowest BCUT2D eigenvalue weighted by molar-refractivity contribution is 0.251. The zero-order chi connectivity index (χ0) is 16.9. The summed E-state index contributed by atoms with van der Waals surface area (Å²) in [5.41, 5.74) is 1.59. The summed E-state index contributed by atoms with van der Waals surface area (Å²) in [6.07, 6.45) is 23.4. The second-order valence-electron chi connectivity index (χ2n) is 8.66. The number of hydrogen-bond acceptors (Lipinski definition) is 0. The minimum Gasteiger partial charge on any atom is -0.123 e. The van der Waals surface area contributed by atoms with Gasteiger partial charge in [0.15, 0.2) is 0 Å². The molecule has 0 heterocycles. The lowest BCUT2D eigenvalue weighted by Gasteiger charge is -2.36. The normalized spacial score (nSPS) is 40.1. The number of hydrogen-bond donors (Lipinski definition) is 0. The van der Waals surface area contributed by atoms with Crippen molar-refractivity contribution in [2.45, 2.75) is 84.2 Å². The molecule has 0 saturated heterocycles. The maximum atomic E-state index is 3.00. The van der Waals surface area contributed by atoms with Crippen molar-refractivity contribution in [1.29, 1.82) is 0 Å². The average Bonchev–Trinajstić information content (AvgIpc) is 2.48. The maximum absolute atomic E-state index is 3.00. The lowest BCUT2D eigenvalue weighted by Crippen LogP contribution is -2.26. The first-order valence-electron chi connectivity index (χ1n) is 9.69. The van der Waals surface area contributed by atoms with Gasteiger partial charge in [-0.05, 0) is 38.5 Å². The van der Waals surface area contributed by atoms with E-state index in [1.807, 2.05) is 0 Å². The molecule has 1 heteroatoms. The molecule has 0 aromatic heterocycles. The van der Waals surface area contributed by atoms with E-state index in [2.05, 4.69) is 67.3 Å². The van der Waals surface area contributed by atoms with E-state index in [-0.39, 0.29) is 10.6 Å². The molecule has 2 aliphatic carbocycles. The summed E-state index contributed by atoms with van der Waals surface area (Å²) in [5, 5.41) is 0.0839. The van der Waals surface area contributed by atoms with E-state index in [0.29, 0.717) is 0 Å². The van der Waals surface area contributed by atoms with Gasteiger partial charge in [-0.3, -0.25) is 0 Å². The number of allylic oxidation sites excluding steroid dienone is 6. The van der Waals surface area contributed by atoms with Crippen molar-refractivity contribution in [1.82, 2.24) is 0 Å². The van der Waals surface area contributed by atoms with Gasteiger partial charge < -0.3 is 0 Å². The Morgan fingerprint density at radius 2 is 1.57 bits per heavy atom. The fourth-order valence-corrected chi connectivity index (χ4v) is 4.63. The lowest BCUT2D eigenvalue weighted by atomic mass is 9.70. The highest BCUT2D eigenvalue weighted by Gasteiger charge is 2.30. The van der Waals surface area contributed by atoms with E-state index < -0.39 is 0 Å². The van der Waals surface area contributed by atoms with Crippen LogP contribution in [-0.4, -0.2) is 5.16 Å². The van der Waals surface area contributed by atoms with Gasteiger partial charge in [0.2, 0.25) is 0 Å². The maximum Gasteiger partial charge on any atom is 0.0182 e. The Kier molecular flexibility index (Phi) is 6.73. The van der Waals surface area contributed by atoms with Gasteiger partial charge in [0.25, 0.3) is 0 Å². The minimum atomic E-state index is 0.0839. The van der Waals surface area contributed by atoms with Gasteiger partial charge in [-0.25, -0.2) is 0 Å². The van der Waals surface area contributed by atoms with Crippen molar-refractivity contribution < 1.29 is 0 Å². The summed E-state index contributed by atoms with van der Waals surface area (Å²) in [4.78, 5) is 0. The predicted molar refractivity (Wildman–Crippen MR) is 108 cm³/mol. The van der Waals surface area contributed by atoms with Crippen molar-refractivity contribution in [3.63, 3.8) is 0 Å². The molecule has 1 saturated carbocycles. The van der Waals surface area contributed by atoms with Gasteiger partial charge >= 0.3 is 0 Å². The highest BCUT2D eigenvalue weighted by atomic mass is 31.0. The fourth-order valence-electron chi connectivity index (χ4n) is 4.27. The quantitative estimate of drug-likeness (QED) is 0.355. The third-order valence-electron chi connectivity index (χ3n) is 5.92. The first kappa shape index (κ1) is 19.0. The smallest absolute Gasteiger partial charge is 0.0182 e. The molecule has 0 aliphatic heterocycles. The van der Waals surface area contributed by atoms with Gasteiger partial charge in [0, 0.05) is 10.6 Å². The first-order valence-corrected chi connectivity index (χ1v) is 10.3. The monoisotopic (exact) mass is 332 g/mol. The standard InChI is InChI=1S/C22H37P/c1-18-9-6-5-7-11-20(12-8-10-18)21(3)14-13-19(2)17-22(4,23)16-15-21/h13-18,20H,5-12,23H2,1-4H3. The summed E-state index contributed by atoms with van der Waals surface area (Å²) in [6.45, 7) is 9.42.